The lowest BCUT2D eigenvalue weighted by molar-refractivity contribution is -0.139. The summed E-state index contributed by atoms with van der Waals surface area (Å²) in [5.74, 6) is 0.0794. The van der Waals surface area contributed by atoms with Gasteiger partial charge in [0.2, 0.25) is 0 Å². The number of carbonyl (C=O) groups is 1. The lowest BCUT2D eigenvalue weighted by Gasteiger charge is -2.06. The molecule has 2 aromatic rings. The van der Waals surface area contributed by atoms with Gasteiger partial charge in [0, 0.05) is 4.88 Å². The van der Waals surface area contributed by atoms with E-state index in [1.165, 1.54) is 24.6 Å². The fraction of sp³-hybridized carbons (Fsp3) is 0.273. The molecule has 0 amide bonds. The number of ether oxygens (including phenoxy) is 1. The molecule has 7 nitrogen and oxygen atoms in total. The minimum atomic E-state index is -3.74. The molecular formula is C11H13N3O4S2. The van der Waals surface area contributed by atoms with Crippen molar-refractivity contribution in [3.8, 4) is 0 Å². The van der Waals surface area contributed by atoms with Crippen molar-refractivity contribution in [1.29, 1.82) is 0 Å². The Morgan fingerprint density at radius 3 is 2.90 bits per heavy atom. The maximum atomic E-state index is 12.1. The third-order valence-electron chi connectivity index (χ3n) is 2.49. The van der Waals surface area contributed by atoms with E-state index in [1.54, 1.807) is 18.4 Å². The minimum Gasteiger partial charge on any atom is -0.469 e. The standard InChI is InChI=1S/C11H13N3O4S2/c1-7-12-6-10(13-7)20(16,17)14-8-3-4-19-9(8)5-11(15)18-2/h3-4,6,14H,5H2,1-2H3,(H,12,13). The summed E-state index contributed by atoms with van der Waals surface area (Å²) in [7, 11) is -2.46. The zero-order chi connectivity index (χ0) is 14.8. The Morgan fingerprint density at radius 2 is 2.30 bits per heavy atom. The average Bonchev–Trinajstić information content (AvgIpc) is 2.99. The Morgan fingerprint density at radius 1 is 1.55 bits per heavy atom. The van der Waals surface area contributed by atoms with Crippen LogP contribution in [0.15, 0.2) is 22.7 Å². The van der Waals surface area contributed by atoms with Gasteiger partial charge in [-0.3, -0.25) is 9.52 Å². The third kappa shape index (κ3) is 3.17. The molecule has 9 heteroatoms. The van der Waals surface area contributed by atoms with Gasteiger partial charge in [0.1, 0.15) is 5.82 Å². The van der Waals surface area contributed by atoms with Gasteiger partial charge in [-0.15, -0.1) is 11.3 Å². The first-order valence-corrected chi connectivity index (χ1v) is 7.96. The third-order valence-corrected chi connectivity index (χ3v) is 4.69. The number of methoxy groups -OCH3 is 1. The fourth-order valence-electron chi connectivity index (χ4n) is 1.51. The number of sulfonamides is 1. The summed E-state index contributed by atoms with van der Waals surface area (Å²) < 4.78 is 31.3. The number of thiophene rings is 1. The number of aromatic amines is 1. The number of aryl methyl sites for hydroxylation is 1. The summed E-state index contributed by atoms with van der Waals surface area (Å²) in [5.41, 5.74) is 0.368. The average molecular weight is 315 g/mol. The first-order valence-electron chi connectivity index (χ1n) is 5.60. The highest BCUT2D eigenvalue weighted by atomic mass is 32.2. The highest BCUT2D eigenvalue weighted by Gasteiger charge is 2.19. The molecule has 108 valence electrons. The topological polar surface area (TPSA) is 101 Å². The van der Waals surface area contributed by atoms with Gasteiger partial charge in [0.05, 0.1) is 25.4 Å². The first-order chi connectivity index (χ1) is 9.42. The van der Waals surface area contributed by atoms with Crippen LogP contribution in [0.5, 0.6) is 0 Å². The van der Waals surface area contributed by atoms with E-state index in [9.17, 15) is 13.2 Å². The zero-order valence-electron chi connectivity index (χ0n) is 10.8. The van der Waals surface area contributed by atoms with Crippen LogP contribution in [0.4, 0.5) is 5.69 Å². The molecule has 0 aliphatic rings. The van der Waals surface area contributed by atoms with Crippen molar-refractivity contribution < 1.29 is 17.9 Å². The van der Waals surface area contributed by atoms with E-state index in [2.05, 4.69) is 19.4 Å². The molecule has 0 aromatic carbocycles. The molecule has 0 aliphatic heterocycles. The molecular weight excluding hydrogens is 302 g/mol. The van der Waals surface area contributed by atoms with Crippen molar-refractivity contribution in [3.05, 3.63) is 28.3 Å². The van der Waals surface area contributed by atoms with Crippen molar-refractivity contribution in [2.45, 2.75) is 18.4 Å². The van der Waals surface area contributed by atoms with Crippen LogP contribution in [0.25, 0.3) is 0 Å². The van der Waals surface area contributed by atoms with Gasteiger partial charge in [-0.2, -0.15) is 8.42 Å². The number of imidazole rings is 1. The molecule has 20 heavy (non-hydrogen) atoms. The van der Waals surface area contributed by atoms with E-state index in [4.69, 9.17) is 0 Å². The molecule has 2 N–H and O–H groups in total. The molecule has 0 atom stereocenters. The number of esters is 1. The largest absolute Gasteiger partial charge is 0.469 e. The Labute approximate surface area is 120 Å². The van der Waals surface area contributed by atoms with Crippen LogP contribution in [0.3, 0.4) is 0 Å². The maximum absolute atomic E-state index is 12.1. The van der Waals surface area contributed by atoms with E-state index in [1.807, 2.05) is 0 Å². The molecule has 0 bridgehead atoms. The van der Waals surface area contributed by atoms with Crippen molar-refractivity contribution >= 4 is 33.0 Å². The highest BCUT2D eigenvalue weighted by molar-refractivity contribution is 7.92. The summed E-state index contributed by atoms with van der Waals surface area (Å²) in [6, 6.07) is 1.60. The van der Waals surface area contributed by atoms with E-state index in [-0.39, 0.29) is 11.4 Å². The molecule has 0 saturated carbocycles. The van der Waals surface area contributed by atoms with Crippen molar-refractivity contribution in [2.24, 2.45) is 0 Å². The Hall–Kier alpha value is -1.87. The smallest absolute Gasteiger partial charge is 0.310 e. The first kappa shape index (κ1) is 14.5. The van der Waals surface area contributed by atoms with Crippen molar-refractivity contribution in [2.75, 3.05) is 11.8 Å². The number of hydrogen-bond donors (Lipinski definition) is 2. The summed E-state index contributed by atoms with van der Waals surface area (Å²) in [6.07, 6.45) is 1.26. The van der Waals surface area contributed by atoms with Crippen LogP contribution >= 0.6 is 11.3 Å². The van der Waals surface area contributed by atoms with Gasteiger partial charge in [-0.25, -0.2) is 4.98 Å². The van der Waals surface area contributed by atoms with Gasteiger partial charge in [0.15, 0.2) is 5.03 Å². The summed E-state index contributed by atoms with van der Waals surface area (Å²) in [5, 5.41) is 1.68. The van der Waals surface area contributed by atoms with Crippen LogP contribution < -0.4 is 4.72 Å². The van der Waals surface area contributed by atoms with E-state index >= 15 is 0 Å². The van der Waals surface area contributed by atoms with Gasteiger partial charge in [0.25, 0.3) is 10.0 Å². The maximum Gasteiger partial charge on any atom is 0.310 e. The Bertz CT molecular complexity index is 718. The number of aromatic nitrogens is 2. The minimum absolute atomic E-state index is 0.0218. The highest BCUT2D eigenvalue weighted by Crippen LogP contribution is 2.25. The molecule has 0 aliphatic carbocycles. The van der Waals surface area contributed by atoms with Crippen LogP contribution in [-0.4, -0.2) is 31.5 Å². The van der Waals surface area contributed by atoms with Crippen LogP contribution in [0, 0.1) is 6.92 Å². The summed E-state index contributed by atoms with van der Waals surface area (Å²) in [6.45, 7) is 1.66. The fourth-order valence-corrected chi connectivity index (χ4v) is 3.45. The van der Waals surface area contributed by atoms with Crippen LogP contribution in [-0.2, 0) is 26.0 Å². The number of nitrogens with one attached hydrogen (secondary N) is 2. The zero-order valence-corrected chi connectivity index (χ0v) is 12.5. The van der Waals surface area contributed by atoms with Gasteiger partial charge in [-0.05, 0) is 18.4 Å². The molecule has 2 aromatic heterocycles. The predicted octanol–water partition coefficient (Wildman–Crippen LogP) is 1.30. The molecule has 0 saturated heterocycles. The van der Waals surface area contributed by atoms with Crippen molar-refractivity contribution in [3.63, 3.8) is 0 Å². The van der Waals surface area contributed by atoms with Crippen molar-refractivity contribution in [1.82, 2.24) is 9.97 Å². The second kappa shape index (κ2) is 5.63. The Balaban J connectivity index is 2.22. The summed E-state index contributed by atoms with van der Waals surface area (Å²) >= 11 is 1.28. The SMILES string of the molecule is COC(=O)Cc1sccc1NS(=O)(=O)c1cnc(C)[nH]1. The normalized spacial score (nSPS) is 11.3. The molecule has 0 radical (unpaired) electrons. The number of anilines is 1. The quantitative estimate of drug-likeness (QED) is 0.810. The van der Waals surface area contributed by atoms with E-state index in [0.29, 0.717) is 16.4 Å². The monoisotopic (exact) mass is 315 g/mol. The van der Waals surface area contributed by atoms with E-state index in [0.717, 1.165) is 0 Å². The number of H-pyrrole nitrogens is 1. The summed E-state index contributed by atoms with van der Waals surface area (Å²) in [4.78, 5) is 18.4. The molecule has 0 unspecified atom stereocenters. The van der Waals surface area contributed by atoms with Crippen LogP contribution in [0.1, 0.15) is 10.7 Å². The molecule has 2 rings (SSSR count). The number of rotatable bonds is 5. The second-order valence-corrected chi connectivity index (χ2v) is 6.60. The Kier molecular flexibility index (Phi) is 4.09. The molecule has 0 spiro atoms. The van der Waals surface area contributed by atoms with E-state index < -0.39 is 16.0 Å². The molecule has 0 fully saturated rings. The lowest BCUT2D eigenvalue weighted by atomic mass is 10.3. The second-order valence-electron chi connectivity index (χ2n) is 3.95. The van der Waals surface area contributed by atoms with Gasteiger partial charge in [-0.1, -0.05) is 0 Å². The number of hydrogen-bond acceptors (Lipinski definition) is 6. The molecule has 2 heterocycles. The van der Waals surface area contributed by atoms with Gasteiger partial charge < -0.3 is 9.72 Å². The number of carbonyl (C=O) groups excluding carboxylic acids is 1. The van der Waals surface area contributed by atoms with Crippen LogP contribution in [0.2, 0.25) is 0 Å². The number of nitrogens with zero attached hydrogens (tertiary/aromatic N) is 1. The lowest BCUT2D eigenvalue weighted by Crippen LogP contribution is -2.14. The predicted molar refractivity (Wildman–Crippen MR) is 74.2 cm³/mol. The van der Waals surface area contributed by atoms with Gasteiger partial charge >= 0.3 is 5.97 Å².